The standard InChI is InChI=1S/C13H23NO4/c1-13(12(17)18,8-4-2-3-5-9-15)11(16)14-10-6-7-10/h10,15H,2-9H2,1H3,(H,14,16)(H,17,18). The van der Waals surface area contributed by atoms with Gasteiger partial charge in [0.15, 0.2) is 0 Å². The average Bonchev–Trinajstić information content (AvgIpc) is 3.12. The first-order chi connectivity index (χ1) is 8.50. The van der Waals surface area contributed by atoms with Crippen LogP contribution < -0.4 is 5.32 Å². The van der Waals surface area contributed by atoms with Gasteiger partial charge in [0.2, 0.25) is 5.91 Å². The highest BCUT2D eigenvalue weighted by atomic mass is 16.4. The van der Waals surface area contributed by atoms with E-state index in [1.54, 1.807) is 0 Å². The summed E-state index contributed by atoms with van der Waals surface area (Å²) < 4.78 is 0. The van der Waals surface area contributed by atoms with Gasteiger partial charge < -0.3 is 15.5 Å². The molecule has 5 nitrogen and oxygen atoms in total. The SMILES string of the molecule is CC(CCCCCCO)(C(=O)O)C(=O)NC1CC1. The molecule has 1 amide bonds. The van der Waals surface area contributed by atoms with Crippen molar-refractivity contribution in [2.45, 2.75) is 57.9 Å². The van der Waals surface area contributed by atoms with E-state index in [4.69, 9.17) is 5.11 Å². The van der Waals surface area contributed by atoms with Crippen molar-refractivity contribution in [3.63, 3.8) is 0 Å². The maximum atomic E-state index is 11.9. The summed E-state index contributed by atoms with van der Waals surface area (Å²) in [5.74, 6) is -1.41. The van der Waals surface area contributed by atoms with Gasteiger partial charge in [0.05, 0.1) is 0 Å². The molecule has 1 unspecified atom stereocenters. The quantitative estimate of drug-likeness (QED) is 0.429. The highest BCUT2D eigenvalue weighted by Crippen LogP contribution is 2.28. The van der Waals surface area contributed by atoms with Crippen molar-refractivity contribution < 1.29 is 19.8 Å². The molecule has 0 aliphatic heterocycles. The fourth-order valence-corrected chi connectivity index (χ4v) is 1.83. The van der Waals surface area contributed by atoms with Crippen LogP contribution in [0.5, 0.6) is 0 Å². The zero-order valence-electron chi connectivity index (χ0n) is 10.9. The lowest BCUT2D eigenvalue weighted by molar-refractivity contribution is -0.155. The van der Waals surface area contributed by atoms with Gasteiger partial charge in [-0.3, -0.25) is 9.59 Å². The Morgan fingerprint density at radius 3 is 2.33 bits per heavy atom. The molecule has 1 rings (SSSR count). The average molecular weight is 257 g/mol. The second-order valence-corrected chi connectivity index (χ2v) is 5.27. The summed E-state index contributed by atoms with van der Waals surface area (Å²) in [5.41, 5.74) is -1.32. The van der Waals surface area contributed by atoms with Crippen molar-refractivity contribution in [1.82, 2.24) is 5.32 Å². The summed E-state index contributed by atoms with van der Waals surface area (Å²) >= 11 is 0. The Hall–Kier alpha value is -1.10. The van der Waals surface area contributed by atoms with Gasteiger partial charge in [0.25, 0.3) is 0 Å². The van der Waals surface area contributed by atoms with Crippen LogP contribution in [0.1, 0.15) is 51.9 Å². The molecule has 0 aromatic carbocycles. The lowest BCUT2D eigenvalue weighted by atomic mass is 9.83. The Bertz CT molecular complexity index is 301. The highest BCUT2D eigenvalue weighted by Gasteiger charge is 2.42. The van der Waals surface area contributed by atoms with E-state index in [-0.39, 0.29) is 18.6 Å². The molecular weight excluding hydrogens is 234 g/mol. The molecule has 0 spiro atoms. The van der Waals surface area contributed by atoms with Crippen LogP contribution in [0.15, 0.2) is 0 Å². The number of unbranched alkanes of at least 4 members (excludes halogenated alkanes) is 3. The van der Waals surface area contributed by atoms with Crippen LogP contribution in [0.3, 0.4) is 0 Å². The van der Waals surface area contributed by atoms with Gasteiger partial charge in [-0.15, -0.1) is 0 Å². The number of amides is 1. The molecule has 0 radical (unpaired) electrons. The van der Waals surface area contributed by atoms with Gasteiger partial charge in [-0.05, 0) is 32.6 Å². The molecule has 18 heavy (non-hydrogen) atoms. The van der Waals surface area contributed by atoms with Crippen molar-refractivity contribution in [2.75, 3.05) is 6.61 Å². The van der Waals surface area contributed by atoms with Gasteiger partial charge in [0, 0.05) is 12.6 Å². The number of rotatable bonds is 9. The Morgan fingerprint density at radius 1 is 1.22 bits per heavy atom. The number of aliphatic carboxylic acids is 1. The molecule has 0 saturated heterocycles. The maximum Gasteiger partial charge on any atom is 0.318 e. The molecule has 0 bridgehead atoms. The van der Waals surface area contributed by atoms with Crippen LogP contribution in [0.25, 0.3) is 0 Å². The van der Waals surface area contributed by atoms with E-state index in [0.29, 0.717) is 12.8 Å². The molecule has 1 atom stereocenters. The van der Waals surface area contributed by atoms with E-state index >= 15 is 0 Å². The van der Waals surface area contributed by atoms with Crippen LogP contribution in [0.4, 0.5) is 0 Å². The van der Waals surface area contributed by atoms with Gasteiger partial charge >= 0.3 is 5.97 Å². The van der Waals surface area contributed by atoms with E-state index in [0.717, 1.165) is 32.1 Å². The molecule has 1 fully saturated rings. The molecule has 1 aliphatic rings. The Morgan fingerprint density at radius 2 is 1.83 bits per heavy atom. The molecule has 1 saturated carbocycles. The summed E-state index contributed by atoms with van der Waals surface area (Å²) in [4.78, 5) is 23.2. The maximum absolute atomic E-state index is 11.9. The van der Waals surface area contributed by atoms with E-state index < -0.39 is 11.4 Å². The third-order valence-corrected chi connectivity index (χ3v) is 3.47. The molecule has 1 aliphatic carbocycles. The molecular formula is C13H23NO4. The number of hydrogen-bond donors (Lipinski definition) is 3. The smallest absolute Gasteiger partial charge is 0.318 e. The third-order valence-electron chi connectivity index (χ3n) is 3.47. The topological polar surface area (TPSA) is 86.6 Å². The zero-order valence-corrected chi connectivity index (χ0v) is 10.9. The monoisotopic (exact) mass is 257 g/mol. The number of aliphatic hydroxyl groups excluding tert-OH is 1. The normalized spacial score (nSPS) is 18.1. The number of carbonyl (C=O) groups is 2. The Kier molecular flexibility index (Phi) is 5.59. The van der Waals surface area contributed by atoms with Crippen molar-refractivity contribution in [2.24, 2.45) is 5.41 Å². The highest BCUT2D eigenvalue weighted by molar-refractivity contribution is 6.01. The van der Waals surface area contributed by atoms with Gasteiger partial charge in [0.1, 0.15) is 5.41 Å². The molecule has 0 heterocycles. The lowest BCUT2D eigenvalue weighted by Gasteiger charge is -2.23. The second-order valence-electron chi connectivity index (χ2n) is 5.27. The first kappa shape index (κ1) is 15.0. The van der Waals surface area contributed by atoms with Crippen molar-refractivity contribution in [3.8, 4) is 0 Å². The molecule has 104 valence electrons. The molecule has 0 aromatic heterocycles. The predicted octanol–water partition coefficient (Wildman–Crippen LogP) is 1.30. The number of aliphatic hydroxyl groups is 1. The van der Waals surface area contributed by atoms with Crippen molar-refractivity contribution in [1.29, 1.82) is 0 Å². The van der Waals surface area contributed by atoms with Crippen LogP contribution in [0, 0.1) is 5.41 Å². The summed E-state index contributed by atoms with van der Waals surface area (Å²) in [6, 6.07) is 0.186. The minimum Gasteiger partial charge on any atom is -0.480 e. The summed E-state index contributed by atoms with van der Waals surface area (Å²) in [7, 11) is 0. The molecule has 3 N–H and O–H groups in total. The lowest BCUT2D eigenvalue weighted by Crippen LogP contribution is -2.45. The Balaban J connectivity index is 2.40. The summed E-state index contributed by atoms with van der Waals surface area (Å²) in [5, 5.41) is 20.7. The first-order valence-electron chi connectivity index (χ1n) is 6.66. The van der Waals surface area contributed by atoms with Gasteiger partial charge in [-0.1, -0.05) is 19.3 Å². The van der Waals surface area contributed by atoms with Crippen LogP contribution >= 0.6 is 0 Å². The van der Waals surface area contributed by atoms with E-state index in [2.05, 4.69) is 5.32 Å². The minimum absolute atomic E-state index is 0.165. The number of carboxylic acids is 1. The minimum atomic E-state index is -1.32. The van der Waals surface area contributed by atoms with E-state index in [1.807, 2.05) is 0 Å². The number of hydrogen-bond acceptors (Lipinski definition) is 3. The van der Waals surface area contributed by atoms with Crippen LogP contribution in [-0.4, -0.2) is 34.7 Å². The van der Waals surface area contributed by atoms with Gasteiger partial charge in [-0.25, -0.2) is 0 Å². The number of carboxylic acid groups (broad SMARTS) is 1. The van der Waals surface area contributed by atoms with Gasteiger partial charge in [-0.2, -0.15) is 0 Å². The number of carbonyl (C=O) groups excluding carboxylic acids is 1. The summed E-state index contributed by atoms with van der Waals surface area (Å²) in [6.07, 6.45) is 5.41. The summed E-state index contributed by atoms with van der Waals surface area (Å²) in [6.45, 7) is 1.66. The van der Waals surface area contributed by atoms with E-state index in [9.17, 15) is 14.7 Å². The third kappa shape index (κ3) is 4.29. The first-order valence-corrected chi connectivity index (χ1v) is 6.66. The van der Waals surface area contributed by atoms with Crippen LogP contribution in [0.2, 0.25) is 0 Å². The number of nitrogens with one attached hydrogen (secondary N) is 1. The Labute approximate surface area is 108 Å². The van der Waals surface area contributed by atoms with Crippen molar-refractivity contribution in [3.05, 3.63) is 0 Å². The molecule has 5 heteroatoms. The van der Waals surface area contributed by atoms with E-state index in [1.165, 1.54) is 6.92 Å². The van der Waals surface area contributed by atoms with Crippen LogP contribution in [-0.2, 0) is 9.59 Å². The fourth-order valence-electron chi connectivity index (χ4n) is 1.83. The molecule has 0 aromatic rings. The zero-order chi connectivity index (χ0) is 13.6. The second kappa shape index (κ2) is 6.73. The van der Waals surface area contributed by atoms with Crippen molar-refractivity contribution >= 4 is 11.9 Å². The largest absolute Gasteiger partial charge is 0.480 e. The predicted molar refractivity (Wildman–Crippen MR) is 67.1 cm³/mol. The fraction of sp³-hybridized carbons (Fsp3) is 0.846.